The second-order valence-corrected chi connectivity index (χ2v) is 4.79. The zero-order valence-corrected chi connectivity index (χ0v) is 9.55. The molecule has 0 saturated heterocycles. The van der Waals surface area contributed by atoms with E-state index in [4.69, 9.17) is 10.5 Å². The Morgan fingerprint density at radius 3 is 2.93 bits per heavy atom. The predicted octanol–water partition coefficient (Wildman–Crippen LogP) is 2.15. The van der Waals surface area contributed by atoms with Gasteiger partial charge in [0.15, 0.2) is 0 Å². The lowest BCUT2D eigenvalue weighted by molar-refractivity contribution is 0.285. The number of hydrogen-bond donors (Lipinski definition) is 1. The molecule has 2 nitrogen and oxygen atoms in total. The van der Waals surface area contributed by atoms with E-state index in [1.807, 2.05) is 6.07 Å². The van der Waals surface area contributed by atoms with Gasteiger partial charge in [0.05, 0.1) is 7.11 Å². The van der Waals surface area contributed by atoms with Crippen molar-refractivity contribution in [2.45, 2.75) is 26.2 Å². The standard InChI is InChI=1S/C13H19NO/c1-13(9-14)7-6-11-10(8-13)4-3-5-12(11)15-2/h3-5H,6-9,14H2,1-2H3. The lowest BCUT2D eigenvalue weighted by Crippen LogP contribution is -2.33. The van der Waals surface area contributed by atoms with E-state index in [0.29, 0.717) is 0 Å². The van der Waals surface area contributed by atoms with E-state index in [1.165, 1.54) is 11.1 Å². The van der Waals surface area contributed by atoms with Crippen LogP contribution < -0.4 is 10.5 Å². The number of benzene rings is 1. The predicted molar refractivity (Wildman–Crippen MR) is 62.2 cm³/mol. The summed E-state index contributed by atoms with van der Waals surface area (Å²) >= 11 is 0. The molecule has 2 N–H and O–H groups in total. The Hall–Kier alpha value is -1.02. The van der Waals surface area contributed by atoms with Gasteiger partial charge in [-0.2, -0.15) is 0 Å². The second-order valence-electron chi connectivity index (χ2n) is 4.79. The molecule has 1 unspecified atom stereocenters. The summed E-state index contributed by atoms with van der Waals surface area (Å²) in [6.07, 6.45) is 3.33. The fraction of sp³-hybridized carbons (Fsp3) is 0.538. The van der Waals surface area contributed by atoms with E-state index in [0.717, 1.165) is 31.6 Å². The first kappa shape index (κ1) is 10.5. The maximum atomic E-state index is 5.83. The third-order valence-corrected chi connectivity index (χ3v) is 3.54. The summed E-state index contributed by atoms with van der Waals surface area (Å²) in [5.41, 5.74) is 8.90. The molecule has 1 aromatic carbocycles. The van der Waals surface area contributed by atoms with Gasteiger partial charge in [-0.25, -0.2) is 0 Å². The molecule has 2 heteroatoms. The fourth-order valence-electron chi connectivity index (χ4n) is 2.40. The van der Waals surface area contributed by atoms with Crippen molar-refractivity contribution < 1.29 is 4.74 Å². The van der Waals surface area contributed by atoms with Crippen LogP contribution in [0.15, 0.2) is 18.2 Å². The first-order valence-electron chi connectivity index (χ1n) is 5.53. The van der Waals surface area contributed by atoms with Gasteiger partial charge in [0, 0.05) is 0 Å². The van der Waals surface area contributed by atoms with E-state index < -0.39 is 0 Å². The maximum Gasteiger partial charge on any atom is 0.122 e. The van der Waals surface area contributed by atoms with E-state index in [9.17, 15) is 0 Å². The van der Waals surface area contributed by atoms with Crippen molar-refractivity contribution in [2.75, 3.05) is 13.7 Å². The Kier molecular flexibility index (Phi) is 2.70. The normalized spacial score (nSPS) is 24.7. The molecule has 1 aromatic rings. The van der Waals surface area contributed by atoms with Crippen LogP contribution in [0.4, 0.5) is 0 Å². The van der Waals surface area contributed by atoms with Gasteiger partial charge in [0.2, 0.25) is 0 Å². The van der Waals surface area contributed by atoms with Gasteiger partial charge in [-0.1, -0.05) is 19.1 Å². The third-order valence-electron chi connectivity index (χ3n) is 3.54. The number of ether oxygens (including phenoxy) is 1. The highest BCUT2D eigenvalue weighted by molar-refractivity contribution is 5.42. The number of hydrogen-bond acceptors (Lipinski definition) is 2. The second kappa shape index (κ2) is 3.86. The van der Waals surface area contributed by atoms with E-state index >= 15 is 0 Å². The van der Waals surface area contributed by atoms with Gasteiger partial charge >= 0.3 is 0 Å². The lowest BCUT2D eigenvalue weighted by Gasteiger charge is -2.34. The molecule has 0 radical (unpaired) electrons. The summed E-state index contributed by atoms with van der Waals surface area (Å²) in [5, 5.41) is 0. The molecule has 1 aliphatic carbocycles. The zero-order valence-electron chi connectivity index (χ0n) is 9.55. The number of fused-ring (bicyclic) bond motifs is 1. The van der Waals surface area contributed by atoms with Crippen LogP contribution >= 0.6 is 0 Å². The summed E-state index contributed by atoms with van der Waals surface area (Å²) in [4.78, 5) is 0. The van der Waals surface area contributed by atoms with Gasteiger partial charge in [0.25, 0.3) is 0 Å². The van der Waals surface area contributed by atoms with Crippen molar-refractivity contribution in [3.63, 3.8) is 0 Å². The molecule has 1 atom stereocenters. The van der Waals surface area contributed by atoms with Crippen LogP contribution in [-0.2, 0) is 12.8 Å². The van der Waals surface area contributed by atoms with Gasteiger partial charge in [-0.05, 0) is 48.4 Å². The maximum absolute atomic E-state index is 5.83. The summed E-state index contributed by atoms with van der Waals surface area (Å²) in [6, 6.07) is 6.31. The topological polar surface area (TPSA) is 35.2 Å². The van der Waals surface area contributed by atoms with Crippen LogP contribution in [0, 0.1) is 5.41 Å². The van der Waals surface area contributed by atoms with Crippen molar-refractivity contribution >= 4 is 0 Å². The van der Waals surface area contributed by atoms with Crippen molar-refractivity contribution in [1.82, 2.24) is 0 Å². The molecular weight excluding hydrogens is 186 g/mol. The summed E-state index contributed by atoms with van der Waals surface area (Å²) in [5.74, 6) is 1.03. The lowest BCUT2D eigenvalue weighted by atomic mass is 9.73. The van der Waals surface area contributed by atoms with Gasteiger partial charge < -0.3 is 10.5 Å². The molecule has 15 heavy (non-hydrogen) atoms. The molecule has 0 bridgehead atoms. The molecule has 0 aliphatic heterocycles. The SMILES string of the molecule is COc1cccc2c1CCC(C)(CN)C2. The fourth-order valence-corrected chi connectivity index (χ4v) is 2.40. The Morgan fingerprint density at radius 1 is 1.47 bits per heavy atom. The first-order valence-corrected chi connectivity index (χ1v) is 5.53. The highest BCUT2D eigenvalue weighted by Gasteiger charge is 2.29. The van der Waals surface area contributed by atoms with E-state index in [2.05, 4.69) is 19.1 Å². The molecule has 0 spiro atoms. The first-order chi connectivity index (χ1) is 7.18. The minimum absolute atomic E-state index is 0.277. The Labute approximate surface area is 91.4 Å². The highest BCUT2D eigenvalue weighted by Crippen LogP contribution is 2.37. The molecule has 0 fully saturated rings. The van der Waals surface area contributed by atoms with E-state index in [-0.39, 0.29) is 5.41 Å². The minimum Gasteiger partial charge on any atom is -0.496 e. The van der Waals surface area contributed by atoms with E-state index in [1.54, 1.807) is 7.11 Å². The van der Waals surface area contributed by atoms with Gasteiger partial charge in [-0.15, -0.1) is 0 Å². The average molecular weight is 205 g/mol. The zero-order chi connectivity index (χ0) is 10.9. The largest absolute Gasteiger partial charge is 0.496 e. The van der Waals surface area contributed by atoms with Gasteiger partial charge in [0.1, 0.15) is 5.75 Å². The minimum atomic E-state index is 0.277. The van der Waals surface area contributed by atoms with Crippen LogP contribution in [0.3, 0.4) is 0 Å². The van der Waals surface area contributed by atoms with Crippen molar-refractivity contribution in [3.05, 3.63) is 29.3 Å². The van der Waals surface area contributed by atoms with Crippen molar-refractivity contribution in [1.29, 1.82) is 0 Å². The molecule has 0 aromatic heterocycles. The molecule has 0 amide bonds. The van der Waals surface area contributed by atoms with Crippen molar-refractivity contribution in [2.24, 2.45) is 11.1 Å². The van der Waals surface area contributed by atoms with Crippen LogP contribution in [0.25, 0.3) is 0 Å². The highest BCUT2D eigenvalue weighted by atomic mass is 16.5. The summed E-state index contributed by atoms with van der Waals surface area (Å²) in [7, 11) is 1.74. The molecule has 1 aliphatic rings. The molecule has 2 rings (SSSR count). The van der Waals surface area contributed by atoms with Gasteiger partial charge in [-0.3, -0.25) is 0 Å². The molecule has 0 heterocycles. The van der Waals surface area contributed by atoms with Crippen LogP contribution in [-0.4, -0.2) is 13.7 Å². The number of methoxy groups -OCH3 is 1. The average Bonchev–Trinajstić information content (AvgIpc) is 2.28. The van der Waals surface area contributed by atoms with Crippen LogP contribution in [0.1, 0.15) is 24.5 Å². The van der Waals surface area contributed by atoms with Crippen LogP contribution in [0.2, 0.25) is 0 Å². The molecule has 0 saturated carbocycles. The Bertz CT molecular complexity index is 362. The van der Waals surface area contributed by atoms with Crippen molar-refractivity contribution in [3.8, 4) is 5.75 Å². The summed E-state index contributed by atoms with van der Waals surface area (Å²) < 4.78 is 5.38. The Balaban J connectivity index is 2.35. The third kappa shape index (κ3) is 1.86. The molecular formula is C13H19NO. The Morgan fingerprint density at radius 2 is 2.27 bits per heavy atom. The quantitative estimate of drug-likeness (QED) is 0.803. The smallest absolute Gasteiger partial charge is 0.122 e. The van der Waals surface area contributed by atoms with Crippen LogP contribution in [0.5, 0.6) is 5.75 Å². The number of nitrogens with two attached hydrogens (primary N) is 1. The number of rotatable bonds is 2. The monoisotopic (exact) mass is 205 g/mol. The molecule has 82 valence electrons. The summed E-state index contributed by atoms with van der Waals surface area (Å²) in [6.45, 7) is 3.04.